The first-order chi connectivity index (χ1) is 10.3. The van der Waals surface area contributed by atoms with E-state index in [0.29, 0.717) is 12.2 Å². The van der Waals surface area contributed by atoms with Crippen molar-refractivity contribution in [2.75, 3.05) is 30.4 Å². The van der Waals surface area contributed by atoms with Crippen molar-refractivity contribution in [3.8, 4) is 0 Å². The molecule has 0 aliphatic heterocycles. The van der Waals surface area contributed by atoms with Gasteiger partial charge in [0.25, 0.3) is 0 Å². The van der Waals surface area contributed by atoms with Crippen LogP contribution in [-0.2, 0) is 6.18 Å². The van der Waals surface area contributed by atoms with Crippen molar-refractivity contribution in [2.24, 2.45) is 0 Å². The molecule has 0 aliphatic rings. The minimum absolute atomic E-state index is 0.533. The first-order valence-corrected chi connectivity index (χ1v) is 7.05. The number of alkyl halides is 3. The molecule has 0 saturated carbocycles. The van der Waals surface area contributed by atoms with E-state index in [-0.39, 0.29) is 0 Å². The third-order valence-corrected chi connectivity index (χ3v) is 3.69. The second-order valence-corrected chi connectivity index (χ2v) is 5.11. The summed E-state index contributed by atoms with van der Waals surface area (Å²) in [6.45, 7) is 2.67. The Labute approximate surface area is 128 Å². The van der Waals surface area contributed by atoms with Gasteiger partial charge in [-0.15, -0.1) is 0 Å². The van der Waals surface area contributed by atoms with Gasteiger partial charge >= 0.3 is 6.18 Å². The molecule has 2 aromatic rings. The van der Waals surface area contributed by atoms with Crippen molar-refractivity contribution in [2.45, 2.75) is 13.1 Å². The van der Waals surface area contributed by atoms with Gasteiger partial charge in [-0.05, 0) is 37.3 Å². The van der Waals surface area contributed by atoms with E-state index in [1.807, 2.05) is 49.2 Å². The number of hydrogen-bond donors (Lipinski definition) is 0. The van der Waals surface area contributed by atoms with Crippen LogP contribution in [0.3, 0.4) is 0 Å². The van der Waals surface area contributed by atoms with Crippen molar-refractivity contribution in [3.05, 3.63) is 54.1 Å². The third-order valence-electron chi connectivity index (χ3n) is 3.69. The lowest BCUT2D eigenvalue weighted by Crippen LogP contribution is -2.21. The van der Waals surface area contributed by atoms with Crippen LogP contribution in [-0.4, -0.2) is 20.6 Å². The predicted molar refractivity (Wildman–Crippen MR) is 84.9 cm³/mol. The summed E-state index contributed by atoms with van der Waals surface area (Å²) < 4.78 is 39.0. The minimum Gasteiger partial charge on any atom is -0.373 e. The predicted octanol–water partition coefficient (Wildman–Crippen LogP) is 4.93. The molecule has 22 heavy (non-hydrogen) atoms. The standard InChI is InChI=1S/C17H19F3N2/c1-4-21(2)15-11-10-13(17(18,19)20)12-16(15)22(3)14-8-6-5-7-9-14/h5-12H,4H2,1-3H3. The fraction of sp³-hybridized carbons (Fsp3) is 0.294. The van der Waals surface area contributed by atoms with E-state index in [2.05, 4.69) is 0 Å². The molecule has 0 aromatic heterocycles. The molecule has 2 aromatic carbocycles. The molecule has 0 aliphatic carbocycles. The van der Waals surface area contributed by atoms with Gasteiger partial charge in [-0.2, -0.15) is 13.2 Å². The highest BCUT2D eigenvalue weighted by Crippen LogP contribution is 2.38. The van der Waals surface area contributed by atoms with Gasteiger partial charge in [0.1, 0.15) is 0 Å². The summed E-state index contributed by atoms with van der Waals surface area (Å²) >= 11 is 0. The molecule has 118 valence electrons. The van der Waals surface area contributed by atoms with E-state index in [1.54, 1.807) is 11.9 Å². The molecule has 2 rings (SSSR count). The van der Waals surface area contributed by atoms with Crippen molar-refractivity contribution >= 4 is 17.1 Å². The Morgan fingerprint density at radius 2 is 1.55 bits per heavy atom. The van der Waals surface area contributed by atoms with Gasteiger partial charge in [0.2, 0.25) is 0 Å². The topological polar surface area (TPSA) is 6.48 Å². The first kappa shape index (κ1) is 16.2. The molecule has 0 radical (unpaired) electrons. The molecule has 0 N–H and O–H groups in total. The monoisotopic (exact) mass is 308 g/mol. The van der Waals surface area contributed by atoms with Gasteiger partial charge in [-0.3, -0.25) is 0 Å². The Morgan fingerprint density at radius 1 is 0.909 bits per heavy atom. The zero-order chi connectivity index (χ0) is 16.3. The molecular formula is C17H19F3N2. The molecule has 0 amide bonds. The highest BCUT2D eigenvalue weighted by atomic mass is 19.4. The summed E-state index contributed by atoms with van der Waals surface area (Å²) in [4.78, 5) is 3.70. The molecule has 0 atom stereocenters. The summed E-state index contributed by atoms with van der Waals surface area (Å²) in [5.41, 5.74) is 1.50. The van der Waals surface area contributed by atoms with Crippen LogP contribution in [0.1, 0.15) is 12.5 Å². The normalized spacial score (nSPS) is 11.4. The van der Waals surface area contributed by atoms with Crippen LogP contribution in [0.2, 0.25) is 0 Å². The van der Waals surface area contributed by atoms with Crippen LogP contribution >= 0.6 is 0 Å². The quantitative estimate of drug-likeness (QED) is 0.790. The Balaban J connectivity index is 2.54. The van der Waals surface area contributed by atoms with Crippen molar-refractivity contribution in [3.63, 3.8) is 0 Å². The second-order valence-electron chi connectivity index (χ2n) is 5.11. The van der Waals surface area contributed by atoms with Gasteiger partial charge in [-0.25, -0.2) is 0 Å². The van der Waals surface area contributed by atoms with Crippen LogP contribution in [0, 0.1) is 0 Å². The molecule has 0 heterocycles. The molecule has 0 saturated heterocycles. The van der Waals surface area contributed by atoms with Crippen molar-refractivity contribution < 1.29 is 13.2 Å². The Morgan fingerprint density at radius 3 is 2.09 bits per heavy atom. The second kappa shape index (κ2) is 6.30. The zero-order valence-electron chi connectivity index (χ0n) is 12.9. The summed E-state index contributed by atoms with van der Waals surface area (Å²) in [5.74, 6) is 0. The number of nitrogens with zero attached hydrogens (tertiary/aromatic N) is 2. The number of halogens is 3. The lowest BCUT2D eigenvalue weighted by atomic mass is 10.1. The lowest BCUT2D eigenvalue weighted by molar-refractivity contribution is -0.137. The van der Waals surface area contributed by atoms with E-state index in [0.717, 1.165) is 17.4 Å². The van der Waals surface area contributed by atoms with Crippen molar-refractivity contribution in [1.82, 2.24) is 0 Å². The summed E-state index contributed by atoms with van der Waals surface area (Å²) in [7, 11) is 3.64. The molecule has 0 unspecified atom stereocenters. The molecule has 2 nitrogen and oxygen atoms in total. The molecule has 5 heteroatoms. The van der Waals surface area contributed by atoms with Gasteiger partial charge in [0.15, 0.2) is 0 Å². The van der Waals surface area contributed by atoms with Gasteiger partial charge in [0, 0.05) is 26.3 Å². The van der Waals surface area contributed by atoms with Gasteiger partial charge in [-0.1, -0.05) is 18.2 Å². The van der Waals surface area contributed by atoms with Crippen LogP contribution in [0.4, 0.5) is 30.2 Å². The largest absolute Gasteiger partial charge is 0.416 e. The Kier molecular flexibility index (Phi) is 4.64. The number of benzene rings is 2. The van der Waals surface area contributed by atoms with E-state index in [9.17, 15) is 13.2 Å². The summed E-state index contributed by atoms with van der Waals surface area (Å²) in [5, 5.41) is 0. The number of hydrogen-bond acceptors (Lipinski definition) is 2. The third kappa shape index (κ3) is 3.35. The Hall–Kier alpha value is -2.17. The SMILES string of the molecule is CCN(C)c1ccc(C(F)(F)F)cc1N(C)c1ccccc1. The summed E-state index contributed by atoms with van der Waals surface area (Å²) in [6.07, 6.45) is -4.35. The van der Waals surface area contributed by atoms with E-state index in [1.165, 1.54) is 12.1 Å². The molecular weight excluding hydrogens is 289 g/mol. The van der Waals surface area contributed by atoms with Crippen LogP contribution in [0.15, 0.2) is 48.5 Å². The van der Waals surface area contributed by atoms with Gasteiger partial charge in [0.05, 0.1) is 16.9 Å². The zero-order valence-corrected chi connectivity index (χ0v) is 12.9. The molecule has 0 fully saturated rings. The first-order valence-electron chi connectivity index (χ1n) is 7.05. The Bertz CT molecular complexity index is 624. The average Bonchev–Trinajstić information content (AvgIpc) is 2.52. The van der Waals surface area contributed by atoms with Gasteiger partial charge < -0.3 is 9.80 Å². The summed E-state index contributed by atoms with van der Waals surface area (Å²) in [6, 6.07) is 13.2. The number of rotatable bonds is 4. The highest BCUT2D eigenvalue weighted by Gasteiger charge is 2.31. The fourth-order valence-corrected chi connectivity index (χ4v) is 2.25. The minimum atomic E-state index is -4.35. The van der Waals surface area contributed by atoms with Crippen LogP contribution < -0.4 is 9.80 Å². The maximum atomic E-state index is 13.0. The maximum Gasteiger partial charge on any atom is 0.416 e. The molecule has 0 spiro atoms. The van der Waals surface area contributed by atoms with E-state index < -0.39 is 11.7 Å². The van der Waals surface area contributed by atoms with Crippen molar-refractivity contribution in [1.29, 1.82) is 0 Å². The average molecular weight is 308 g/mol. The van der Waals surface area contributed by atoms with Crippen LogP contribution in [0.25, 0.3) is 0 Å². The van der Waals surface area contributed by atoms with E-state index >= 15 is 0 Å². The molecule has 0 bridgehead atoms. The van der Waals surface area contributed by atoms with Crippen LogP contribution in [0.5, 0.6) is 0 Å². The fourth-order valence-electron chi connectivity index (χ4n) is 2.25. The highest BCUT2D eigenvalue weighted by molar-refractivity contribution is 5.77. The lowest BCUT2D eigenvalue weighted by Gasteiger charge is -2.28. The smallest absolute Gasteiger partial charge is 0.373 e. The number of para-hydroxylation sites is 1. The van der Waals surface area contributed by atoms with E-state index in [4.69, 9.17) is 0 Å². The maximum absolute atomic E-state index is 13.0. The number of anilines is 3.